The van der Waals surface area contributed by atoms with E-state index in [1.165, 1.54) is 16.0 Å². The molecule has 3 nitrogen and oxygen atoms in total. The van der Waals surface area contributed by atoms with E-state index in [9.17, 15) is 10.2 Å². The molecule has 0 aromatic heterocycles. The number of aromatic hydroxyl groups is 1. The Morgan fingerprint density at radius 2 is 1.88 bits per heavy atom. The van der Waals surface area contributed by atoms with Crippen LogP contribution in [0.3, 0.4) is 0 Å². The van der Waals surface area contributed by atoms with Crippen molar-refractivity contribution >= 4 is 0 Å². The minimum atomic E-state index is -0.503. The molecule has 3 rings (SSSR count). The van der Waals surface area contributed by atoms with Gasteiger partial charge < -0.3 is 27.5 Å². The summed E-state index contributed by atoms with van der Waals surface area (Å²) in [6.45, 7) is 5.98. The Morgan fingerprint density at radius 1 is 1.17 bits per heavy atom. The molecule has 0 bridgehead atoms. The predicted octanol–water partition coefficient (Wildman–Crippen LogP) is -0.842. The van der Waals surface area contributed by atoms with Crippen LogP contribution in [0.1, 0.15) is 41.7 Å². The topological polar surface area (TPSA) is 44.9 Å². The zero-order valence-corrected chi connectivity index (χ0v) is 15.1. The molecule has 0 radical (unpaired) electrons. The van der Waals surface area contributed by atoms with Gasteiger partial charge in [-0.1, -0.05) is 30.3 Å². The lowest BCUT2D eigenvalue weighted by molar-refractivity contribution is -0.944. The third kappa shape index (κ3) is 3.92. The minimum absolute atomic E-state index is 0. The number of nitrogens with one attached hydrogen (secondary N) is 1. The van der Waals surface area contributed by atoms with Crippen LogP contribution in [0.4, 0.5) is 0 Å². The number of hydrogen-bond acceptors (Lipinski definition) is 2. The number of aryl methyl sites for hydroxylation is 2. The highest BCUT2D eigenvalue weighted by Crippen LogP contribution is 2.29. The number of halogens is 1. The Kier molecular flexibility index (Phi) is 6.27. The Labute approximate surface area is 150 Å². The number of quaternary nitrogens is 1. The number of aliphatic hydroxyl groups is 1. The van der Waals surface area contributed by atoms with E-state index in [1.807, 2.05) is 19.1 Å². The standard InChI is InChI=1S/C20H25NO2.ClH/c1-14-11-17-13-21(10-6-9-16-7-4-3-5-8-16)15(2)20(23)18(17)12-19(14)22;/h3-5,7-8,11-12,15,20,22-23H,6,9-10,13H2,1-2H3;1H. The van der Waals surface area contributed by atoms with Crippen LogP contribution in [-0.4, -0.2) is 22.8 Å². The summed E-state index contributed by atoms with van der Waals surface area (Å²) in [5.41, 5.74) is 4.32. The number of phenolic OH excluding ortho intramolecular Hbond substituents is 1. The van der Waals surface area contributed by atoms with Crippen molar-refractivity contribution in [2.75, 3.05) is 6.54 Å². The summed E-state index contributed by atoms with van der Waals surface area (Å²) < 4.78 is 0. The summed E-state index contributed by atoms with van der Waals surface area (Å²) in [6, 6.07) is 14.5. The maximum absolute atomic E-state index is 10.6. The molecule has 3 N–H and O–H groups in total. The molecule has 1 heterocycles. The molecule has 4 heteroatoms. The van der Waals surface area contributed by atoms with E-state index >= 15 is 0 Å². The van der Waals surface area contributed by atoms with Crippen molar-refractivity contribution in [3.05, 3.63) is 64.7 Å². The van der Waals surface area contributed by atoms with Gasteiger partial charge in [-0.05, 0) is 49.1 Å². The van der Waals surface area contributed by atoms with Crippen molar-refractivity contribution in [2.45, 2.75) is 45.4 Å². The molecule has 0 aliphatic carbocycles. The highest BCUT2D eigenvalue weighted by Gasteiger charge is 2.34. The average molecular weight is 348 g/mol. The molecule has 0 fully saturated rings. The van der Waals surface area contributed by atoms with E-state index in [-0.39, 0.29) is 24.2 Å². The number of rotatable bonds is 4. The molecule has 2 aromatic rings. The Morgan fingerprint density at radius 3 is 2.58 bits per heavy atom. The monoisotopic (exact) mass is 347 g/mol. The van der Waals surface area contributed by atoms with Crippen LogP contribution >= 0.6 is 0 Å². The molecule has 1 aliphatic heterocycles. The summed E-state index contributed by atoms with van der Waals surface area (Å²) >= 11 is 0. The molecular weight excluding hydrogens is 322 g/mol. The van der Waals surface area contributed by atoms with Crippen LogP contribution < -0.4 is 17.3 Å². The van der Waals surface area contributed by atoms with Crippen molar-refractivity contribution in [1.29, 1.82) is 0 Å². The molecule has 1 aliphatic rings. The average Bonchev–Trinajstić information content (AvgIpc) is 2.55. The summed E-state index contributed by atoms with van der Waals surface area (Å²) in [7, 11) is 0. The number of fused-ring (bicyclic) bond motifs is 1. The van der Waals surface area contributed by atoms with Gasteiger partial charge in [0.05, 0.1) is 6.54 Å². The summed E-state index contributed by atoms with van der Waals surface area (Å²) in [6.07, 6.45) is 1.69. The lowest BCUT2D eigenvalue weighted by Gasteiger charge is -2.35. The van der Waals surface area contributed by atoms with Crippen LogP contribution in [-0.2, 0) is 13.0 Å². The third-order valence-electron chi connectivity index (χ3n) is 5.12. The van der Waals surface area contributed by atoms with Crippen molar-refractivity contribution in [2.24, 2.45) is 0 Å². The van der Waals surface area contributed by atoms with Crippen molar-refractivity contribution in [1.82, 2.24) is 0 Å². The second-order valence-electron chi connectivity index (χ2n) is 6.75. The smallest absolute Gasteiger partial charge is 0.131 e. The van der Waals surface area contributed by atoms with E-state index in [2.05, 4.69) is 31.2 Å². The Bertz CT molecular complexity index is 675. The van der Waals surface area contributed by atoms with Crippen LogP contribution in [0.15, 0.2) is 42.5 Å². The molecule has 0 amide bonds. The van der Waals surface area contributed by atoms with Crippen LogP contribution in [0, 0.1) is 6.92 Å². The maximum atomic E-state index is 10.6. The van der Waals surface area contributed by atoms with Gasteiger partial charge in [0.25, 0.3) is 0 Å². The maximum Gasteiger partial charge on any atom is 0.131 e. The van der Waals surface area contributed by atoms with E-state index in [1.54, 1.807) is 6.07 Å². The zero-order chi connectivity index (χ0) is 16.4. The van der Waals surface area contributed by atoms with Gasteiger partial charge in [-0.15, -0.1) is 0 Å². The van der Waals surface area contributed by atoms with Gasteiger partial charge in [0.2, 0.25) is 0 Å². The Balaban J connectivity index is 0.00000208. The van der Waals surface area contributed by atoms with Gasteiger partial charge in [-0.2, -0.15) is 0 Å². The molecule has 24 heavy (non-hydrogen) atoms. The van der Waals surface area contributed by atoms with E-state index in [0.29, 0.717) is 0 Å². The second kappa shape index (κ2) is 8.02. The lowest BCUT2D eigenvalue weighted by atomic mass is 9.90. The van der Waals surface area contributed by atoms with Crippen LogP contribution in [0.2, 0.25) is 0 Å². The molecule has 0 spiro atoms. The number of benzene rings is 2. The predicted molar refractivity (Wildman–Crippen MR) is 91.6 cm³/mol. The highest BCUT2D eigenvalue weighted by molar-refractivity contribution is 5.42. The van der Waals surface area contributed by atoms with E-state index in [4.69, 9.17) is 0 Å². The van der Waals surface area contributed by atoms with Gasteiger partial charge in [0.1, 0.15) is 24.4 Å². The third-order valence-corrected chi connectivity index (χ3v) is 5.12. The minimum Gasteiger partial charge on any atom is -1.00 e. The first-order valence-electron chi connectivity index (χ1n) is 8.45. The first kappa shape index (κ1) is 18.8. The molecule has 0 saturated carbocycles. The lowest BCUT2D eigenvalue weighted by Crippen LogP contribution is -3.15. The number of aliphatic hydroxyl groups excluding tert-OH is 1. The van der Waals surface area contributed by atoms with E-state index < -0.39 is 6.10 Å². The molecule has 3 unspecified atom stereocenters. The van der Waals surface area contributed by atoms with Gasteiger partial charge in [-0.25, -0.2) is 0 Å². The molecule has 0 saturated heterocycles. The number of phenols is 1. The normalized spacial score (nSPS) is 22.5. The quantitative estimate of drug-likeness (QED) is 0.675. The second-order valence-corrected chi connectivity index (χ2v) is 6.75. The van der Waals surface area contributed by atoms with Gasteiger partial charge in [-0.3, -0.25) is 0 Å². The summed E-state index contributed by atoms with van der Waals surface area (Å²) in [5.74, 6) is 0.280. The van der Waals surface area contributed by atoms with Crippen molar-refractivity contribution < 1.29 is 27.5 Å². The van der Waals surface area contributed by atoms with Crippen molar-refractivity contribution in [3.8, 4) is 5.75 Å². The first-order chi connectivity index (χ1) is 11.1. The van der Waals surface area contributed by atoms with E-state index in [0.717, 1.165) is 37.1 Å². The van der Waals surface area contributed by atoms with Gasteiger partial charge >= 0.3 is 0 Å². The largest absolute Gasteiger partial charge is 1.00 e. The fraction of sp³-hybridized carbons (Fsp3) is 0.400. The molecule has 2 aromatic carbocycles. The number of hydrogen-bond donors (Lipinski definition) is 3. The fourth-order valence-corrected chi connectivity index (χ4v) is 3.58. The first-order valence-corrected chi connectivity index (χ1v) is 8.45. The molecular formula is C20H26ClNO2. The Hall–Kier alpha value is -1.55. The SMILES string of the molecule is Cc1cc2c(cc1O)C(O)C(C)[NH+](CCCc1ccccc1)C2.[Cl-]. The van der Waals surface area contributed by atoms with Crippen LogP contribution in [0.5, 0.6) is 5.75 Å². The summed E-state index contributed by atoms with van der Waals surface area (Å²) in [4.78, 5) is 1.42. The fourth-order valence-electron chi connectivity index (χ4n) is 3.58. The summed E-state index contributed by atoms with van der Waals surface area (Å²) in [5, 5.41) is 20.5. The van der Waals surface area contributed by atoms with Crippen LogP contribution in [0.25, 0.3) is 0 Å². The van der Waals surface area contributed by atoms with Gasteiger partial charge in [0.15, 0.2) is 0 Å². The molecule has 3 atom stereocenters. The zero-order valence-electron chi connectivity index (χ0n) is 14.3. The van der Waals surface area contributed by atoms with Gasteiger partial charge in [0, 0.05) is 12.0 Å². The molecule has 130 valence electrons. The highest BCUT2D eigenvalue weighted by atomic mass is 35.5. The van der Waals surface area contributed by atoms with Crippen molar-refractivity contribution in [3.63, 3.8) is 0 Å².